The largest absolute Gasteiger partial charge is 0.479 e. The molecule has 0 saturated heterocycles. The zero-order chi connectivity index (χ0) is 14.8. The quantitative estimate of drug-likeness (QED) is 0.771. The summed E-state index contributed by atoms with van der Waals surface area (Å²) in [5.74, 6) is -0.381. The van der Waals surface area contributed by atoms with Crippen molar-refractivity contribution in [2.75, 3.05) is 12.4 Å². The number of aromatic nitrogens is 2. The topological polar surface area (TPSA) is 67.2 Å². The molecule has 1 unspecified atom stereocenters. The number of fused-ring (bicyclic) bond motifs is 1. The highest BCUT2D eigenvalue weighted by atomic mass is 16.4. The predicted molar refractivity (Wildman–Crippen MR) is 81.5 cm³/mol. The summed E-state index contributed by atoms with van der Waals surface area (Å²) in [6, 6.07) is 15.9. The summed E-state index contributed by atoms with van der Waals surface area (Å²) >= 11 is 0. The van der Waals surface area contributed by atoms with Crippen molar-refractivity contribution in [3.8, 4) is 0 Å². The van der Waals surface area contributed by atoms with Crippen LogP contribution in [0.4, 0.5) is 5.95 Å². The number of nitrogens with zero attached hydrogens (tertiary/aromatic N) is 2. The average molecular weight is 281 g/mol. The van der Waals surface area contributed by atoms with E-state index in [4.69, 9.17) is 0 Å². The minimum Gasteiger partial charge on any atom is -0.479 e. The highest BCUT2D eigenvalue weighted by Crippen LogP contribution is 2.28. The average Bonchev–Trinajstić information content (AvgIpc) is 2.87. The van der Waals surface area contributed by atoms with E-state index < -0.39 is 12.0 Å². The third-order valence-corrected chi connectivity index (χ3v) is 3.43. The van der Waals surface area contributed by atoms with Crippen molar-refractivity contribution in [1.82, 2.24) is 9.55 Å². The molecule has 0 aliphatic carbocycles. The molecule has 21 heavy (non-hydrogen) atoms. The summed E-state index contributed by atoms with van der Waals surface area (Å²) in [4.78, 5) is 16.3. The molecular weight excluding hydrogens is 266 g/mol. The number of benzene rings is 2. The van der Waals surface area contributed by atoms with E-state index in [2.05, 4.69) is 10.3 Å². The lowest BCUT2D eigenvalue weighted by Crippen LogP contribution is -2.21. The van der Waals surface area contributed by atoms with E-state index in [0.29, 0.717) is 11.5 Å². The molecule has 1 aromatic heterocycles. The summed E-state index contributed by atoms with van der Waals surface area (Å²) in [6.07, 6.45) is 0. The maximum atomic E-state index is 11.8. The third kappa shape index (κ3) is 2.23. The first-order valence-electron chi connectivity index (χ1n) is 6.65. The monoisotopic (exact) mass is 281 g/mol. The Bertz CT molecular complexity index is 781. The third-order valence-electron chi connectivity index (χ3n) is 3.43. The van der Waals surface area contributed by atoms with E-state index in [-0.39, 0.29) is 0 Å². The maximum Gasteiger partial charge on any atom is 0.331 e. The molecule has 0 spiro atoms. The second-order valence-electron chi connectivity index (χ2n) is 4.70. The Kier molecular flexibility index (Phi) is 3.31. The molecule has 0 amide bonds. The van der Waals surface area contributed by atoms with Gasteiger partial charge in [0.25, 0.3) is 0 Å². The number of para-hydroxylation sites is 2. The van der Waals surface area contributed by atoms with Gasteiger partial charge in [-0.05, 0) is 17.7 Å². The van der Waals surface area contributed by atoms with Gasteiger partial charge >= 0.3 is 5.97 Å². The summed E-state index contributed by atoms with van der Waals surface area (Å²) in [7, 11) is 1.74. The molecule has 3 rings (SSSR count). The molecule has 5 nitrogen and oxygen atoms in total. The SMILES string of the molecule is CNc1nc2ccccc2n1C(C(=O)O)c1ccccc1. The zero-order valence-electron chi connectivity index (χ0n) is 11.5. The molecule has 5 heteroatoms. The lowest BCUT2D eigenvalue weighted by Gasteiger charge is -2.18. The molecule has 2 N–H and O–H groups in total. The van der Waals surface area contributed by atoms with Crippen LogP contribution in [0.1, 0.15) is 11.6 Å². The summed E-state index contributed by atoms with van der Waals surface area (Å²) in [6.45, 7) is 0. The highest BCUT2D eigenvalue weighted by Gasteiger charge is 2.26. The summed E-state index contributed by atoms with van der Waals surface area (Å²) in [5, 5.41) is 12.7. The molecule has 0 bridgehead atoms. The van der Waals surface area contributed by atoms with Crippen LogP contribution in [0.5, 0.6) is 0 Å². The normalized spacial score (nSPS) is 12.2. The van der Waals surface area contributed by atoms with Crippen LogP contribution in [0.2, 0.25) is 0 Å². The first-order valence-corrected chi connectivity index (χ1v) is 6.65. The summed E-state index contributed by atoms with van der Waals surface area (Å²) < 4.78 is 1.72. The van der Waals surface area contributed by atoms with Crippen molar-refractivity contribution in [2.24, 2.45) is 0 Å². The number of aliphatic carboxylic acids is 1. The van der Waals surface area contributed by atoms with Crippen LogP contribution in [0, 0.1) is 0 Å². The first-order chi connectivity index (χ1) is 10.2. The van der Waals surface area contributed by atoms with Gasteiger partial charge < -0.3 is 10.4 Å². The fourth-order valence-electron chi connectivity index (χ4n) is 2.52. The van der Waals surface area contributed by atoms with Crippen molar-refractivity contribution in [1.29, 1.82) is 0 Å². The van der Waals surface area contributed by atoms with Crippen LogP contribution in [0.25, 0.3) is 11.0 Å². The van der Waals surface area contributed by atoms with Crippen LogP contribution in [0.15, 0.2) is 54.6 Å². The van der Waals surface area contributed by atoms with Gasteiger partial charge in [-0.3, -0.25) is 4.57 Å². The van der Waals surface area contributed by atoms with E-state index >= 15 is 0 Å². The van der Waals surface area contributed by atoms with E-state index in [0.717, 1.165) is 11.0 Å². The van der Waals surface area contributed by atoms with Crippen LogP contribution < -0.4 is 5.32 Å². The fraction of sp³-hybridized carbons (Fsp3) is 0.125. The Labute approximate surface area is 121 Å². The van der Waals surface area contributed by atoms with Crippen molar-refractivity contribution in [2.45, 2.75) is 6.04 Å². The molecule has 1 atom stereocenters. The molecule has 0 saturated carbocycles. The van der Waals surface area contributed by atoms with Gasteiger partial charge in [0.2, 0.25) is 5.95 Å². The van der Waals surface area contributed by atoms with E-state index in [1.165, 1.54) is 0 Å². The molecule has 3 aromatic rings. The smallest absolute Gasteiger partial charge is 0.331 e. The molecule has 0 aliphatic rings. The second-order valence-corrected chi connectivity index (χ2v) is 4.70. The Morgan fingerprint density at radius 2 is 1.81 bits per heavy atom. The standard InChI is InChI=1S/C16H15N3O2/c1-17-16-18-12-9-5-6-10-13(12)19(16)14(15(20)21)11-7-3-2-4-8-11/h2-10,14H,1H3,(H,17,18)(H,20,21). The van der Waals surface area contributed by atoms with E-state index in [1.54, 1.807) is 11.6 Å². The zero-order valence-corrected chi connectivity index (χ0v) is 11.5. The number of hydrogen-bond donors (Lipinski definition) is 2. The second kappa shape index (κ2) is 5.28. The Hall–Kier alpha value is -2.82. The number of hydrogen-bond acceptors (Lipinski definition) is 3. The van der Waals surface area contributed by atoms with E-state index in [1.807, 2.05) is 54.6 Å². The van der Waals surface area contributed by atoms with Crippen LogP contribution in [0.3, 0.4) is 0 Å². The van der Waals surface area contributed by atoms with Crippen LogP contribution in [-0.4, -0.2) is 27.7 Å². The van der Waals surface area contributed by atoms with Gasteiger partial charge in [0.05, 0.1) is 11.0 Å². The number of anilines is 1. The Morgan fingerprint density at radius 3 is 2.48 bits per heavy atom. The molecule has 0 fully saturated rings. The molecular formula is C16H15N3O2. The molecule has 0 aliphatic heterocycles. The van der Waals surface area contributed by atoms with Gasteiger partial charge in [-0.15, -0.1) is 0 Å². The highest BCUT2D eigenvalue weighted by molar-refractivity contribution is 5.84. The number of carbonyl (C=O) groups is 1. The number of carboxylic acids is 1. The summed E-state index contributed by atoms with van der Waals surface area (Å²) in [5.41, 5.74) is 2.27. The first kappa shape index (κ1) is 13.2. The van der Waals surface area contributed by atoms with Crippen LogP contribution in [-0.2, 0) is 4.79 Å². The Balaban J connectivity index is 2.27. The van der Waals surface area contributed by atoms with Gasteiger partial charge in [0.1, 0.15) is 0 Å². The van der Waals surface area contributed by atoms with Gasteiger partial charge in [-0.25, -0.2) is 9.78 Å². The Morgan fingerprint density at radius 1 is 1.14 bits per heavy atom. The van der Waals surface area contributed by atoms with Crippen LogP contribution >= 0.6 is 0 Å². The predicted octanol–water partition coefficient (Wildman–Crippen LogP) is 2.75. The van der Waals surface area contributed by atoms with Gasteiger partial charge in [-0.2, -0.15) is 0 Å². The van der Waals surface area contributed by atoms with Crippen molar-refractivity contribution < 1.29 is 9.90 Å². The fourth-order valence-corrected chi connectivity index (χ4v) is 2.52. The van der Waals surface area contributed by atoms with Gasteiger partial charge in [0, 0.05) is 7.05 Å². The van der Waals surface area contributed by atoms with Crippen molar-refractivity contribution in [3.05, 3.63) is 60.2 Å². The number of nitrogens with one attached hydrogen (secondary N) is 1. The minimum atomic E-state index is -0.916. The molecule has 0 radical (unpaired) electrons. The van der Waals surface area contributed by atoms with Gasteiger partial charge in [0.15, 0.2) is 6.04 Å². The lowest BCUT2D eigenvalue weighted by molar-refractivity contribution is -0.139. The number of rotatable bonds is 4. The van der Waals surface area contributed by atoms with Crippen molar-refractivity contribution in [3.63, 3.8) is 0 Å². The van der Waals surface area contributed by atoms with E-state index in [9.17, 15) is 9.90 Å². The molecule has 2 aromatic carbocycles. The number of imidazole rings is 1. The lowest BCUT2D eigenvalue weighted by atomic mass is 10.1. The number of carboxylic acid groups (broad SMARTS) is 1. The van der Waals surface area contributed by atoms with Crippen molar-refractivity contribution >= 4 is 23.0 Å². The minimum absolute atomic E-state index is 0.535. The maximum absolute atomic E-state index is 11.8. The molecule has 106 valence electrons. The van der Waals surface area contributed by atoms with Gasteiger partial charge in [-0.1, -0.05) is 42.5 Å². The molecule has 1 heterocycles.